The highest BCUT2D eigenvalue weighted by molar-refractivity contribution is 6.10. The molecule has 0 aliphatic rings. The molecule has 12 rings (SSSR count). The Morgan fingerprint density at radius 2 is 0.698 bits per heavy atom. The quantitative estimate of drug-likeness (QED) is 0.153. The van der Waals surface area contributed by atoms with Gasteiger partial charge in [-0.25, -0.2) is 0 Å². The maximum atomic E-state index is 6.36. The number of aromatic nitrogens is 1. The van der Waals surface area contributed by atoms with E-state index in [0.29, 0.717) is 0 Å². The average Bonchev–Trinajstić information content (AvgIpc) is 3.90. The zero-order chi connectivity index (χ0) is 41.7. The van der Waals surface area contributed by atoms with Crippen molar-refractivity contribution < 1.29 is 4.42 Å². The molecule has 0 saturated heterocycles. The maximum Gasteiger partial charge on any atom is 0.137 e. The minimum atomic E-state index is 0.870. The molecule has 0 aliphatic heterocycles. The van der Waals surface area contributed by atoms with Crippen LogP contribution in [-0.4, -0.2) is 4.57 Å². The number of nitrogens with zero attached hydrogens (tertiary/aromatic N) is 2. The van der Waals surface area contributed by atoms with E-state index in [4.69, 9.17) is 4.42 Å². The monoisotopic (exact) mass is 804 g/mol. The summed E-state index contributed by atoms with van der Waals surface area (Å²) in [7, 11) is 0. The summed E-state index contributed by atoms with van der Waals surface area (Å²) in [5.74, 6) is 0. The van der Waals surface area contributed by atoms with Crippen molar-refractivity contribution in [2.75, 3.05) is 4.90 Å². The lowest BCUT2D eigenvalue weighted by molar-refractivity contribution is 0.669. The van der Waals surface area contributed by atoms with Gasteiger partial charge in [-0.2, -0.15) is 0 Å². The van der Waals surface area contributed by atoms with Crippen LogP contribution in [0.15, 0.2) is 247 Å². The van der Waals surface area contributed by atoms with E-state index >= 15 is 0 Å². The van der Waals surface area contributed by atoms with E-state index in [9.17, 15) is 0 Å². The zero-order valence-corrected chi connectivity index (χ0v) is 34.4. The van der Waals surface area contributed by atoms with Crippen LogP contribution in [0.25, 0.3) is 93.9 Å². The fraction of sp³-hybridized carbons (Fsp3) is 0. The fourth-order valence-electron chi connectivity index (χ4n) is 9.26. The van der Waals surface area contributed by atoms with Crippen LogP contribution in [0.4, 0.5) is 17.1 Å². The van der Waals surface area contributed by atoms with E-state index in [2.05, 4.69) is 240 Å². The van der Waals surface area contributed by atoms with Gasteiger partial charge in [-0.3, -0.25) is 0 Å². The number of hydrogen-bond donors (Lipinski definition) is 0. The molecule has 63 heavy (non-hydrogen) atoms. The van der Waals surface area contributed by atoms with Crippen molar-refractivity contribution in [2.24, 2.45) is 0 Å². The van der Waals surface area contributed by atoms with Gasteiger partial charge in [0.25, 0.3) is 0 Å². The highest BCUT2D eigenvalue weighted by Crippen LogP contribution is 2.41. The normalized spacial score (nSPS) is 11.5. The molecule has 0 fully saturated rings. The van der Waals surface area contributed by atoms with Crippen molar-refractivity contribution in [1.29, 1.82) is 0 Å². The van der Waals surface area contributed by atoms with Crippen LogP contribution >= 0.6 is 0 Å². The number of rotatable bonds is 8. The highest BCUT2D eigenvalue weighted by atomic mass is 16.3. The predicted octanol–water partition coefficient (Wildman–Crippen LogP) is 16.8. The second-order valence-corrected chi connectivity index (χ2v) is 16.1. The van der Waals surface area contributed by atoms with Gasteiger partial charge in [0.15, 0.2) is 0 Å². The molecule has 3 heteroatoms. The standard InChI is InChI=1S/C60H40N2O/c1-3-11-41(12-4-1)44-23-30-49(31-24-44)61(52-36-37-55-54-16-8-10-18-59(54)63-60(55)40-52)50-32-25-46(26-33-50)43-19-21-47(22-20-43)48-29-38-58-56(39-48)53-15-7-9-17-57(53)62(58)51-34-27-45(28-35-51)42-13-5-2-6-14-42/h1-40H. The molecular weight excluding hydrogens is 765 g/mol. The second-order valence-electron chi connectivity index (χ2n) is 16.1. The molecular formula is C60H40N2O. The number of fused-ring (bicyclic) bond motifs is 6. The van der Waals surface area contributed by atoms with Crippen molar-refractivity contribution in [3.05, 3.63) is 243 Å². The molecule has 10 aromatic carbocycles. The average molecular weight is 805 g/mol. The maximum absolute atomic E-state index is 6.36. The zero-order valence-electron chi connectivity index (χ0n) is 34.4. The Hall–Kier alpha value is -8.40. The van der Waals surface area contributed by atoms with Crippen LogP contribution in [0.3, 0.4) is 0 Å². The summed E-state index contributed by atoms with van der Waals surface area (Å²) in [6, 6.07) is 87.0. The van der Waals surface area contributed by atoms with Crippen molar-refractivity contribution in [3.8, 4) is 50.2 Å². The molecule has 0 radical (unpaired) electrons. The molecule has 12 aromatic rings. The second kappa shape index (κ2) is 15.3. The van der Waals surface area contributed by atoms with E-state index in [1.807, 2.05) is 12.1 Å². The number of anilines is 3. The van der Waals surface area contributed by atoms with Crippen LogP contribution < -0.4 is 4.90 Å². The first-order chi connectivity index (χ1) is 31.2. The third-order valence-electron chi connectivity index (χ3n) is 12.4. The van der Waals surface area contributed by atoms with Crippen molar-refractivity contribution in [1.82, 2.24) is 4.57 Å². The van der Waals surface area contributed by atoms with E-state index in [0.717, 1.165) is 50.3 Å². The molecule has 0 spiro atoms. The Labute approximate surface area is 366 Å². The number of benzene rings is 10. The Morgan fingerprint density at radius 1 is 0.270 bits per heavy atom. The topological polar surface area (TPSA) is 21.3 Å². The smallest absolute Gasteiger partial charge is 0.137 e. The number of para-hydroxylation sites is 2. The van der Waals surface area contributed by atoms with E-state index in [1.54, 1.807) is 0 Å². The Morgan fingerprint density at radius 3 is 1.32 bits per heavy atom. The van der Waals surface area contributed by atoms with Gasteiger partial charge in [0.1, 0.15) is 11.2 Å². The predicted molar refractivity (Wildman–Crippen MR) is 264 cm³/mol. The molecule has 3 nitrogen and oxygen atoms in total. The van der Waals surface area contributed by atoms with Crippen LogP contribution in [-0.2, 0) is 0 Å². The first-order valence-electron chi connectivity index (χ1n) is 21.5. The molecule has 0 N–H and O–H groups in total. The van der Waals surface area contributed by atoms with Crippen molar-refractivity contribution in [2.45, 2.75) is 0 Å². The number of furan rings is 1. The van der Waals surface area contributed by atoms with Crippen molar-refractivity contribution >= 4 is 60.8 Å². The third-order valence-corrected chi connectivity index (χ3v) is 12.4. The lowest BCUT2D eigenvalue weighted by Crippen LogP contribution is -2.09. The van der Waals surface area contributed by atoms with Crippen LogP contribution in [0.5, 0.6) is 0 Å². The molecule has 0 bridgehead atoms. The first kappa shape index (κ1) is 36.5. The van der Waals surface area contributed by atoms with E-state index in [1.165, 1.54) is 60.8 Å². The van der Waals surface area contributed by atoms with E-state index < -0.39 is 0 Å². The van der Waals surface area contributed by atoms with Gasteiger partial charge in [-0.1, -0.05) is 164 Å². The fourth-order valence-corrected chi connectivity index (χ4v) is 9.26. The molecule has 0 unspecified atom stereocenters. The highest BCUT2D eigenvalue weighted by Gasteiger charge is 2.17. The van der Waals surface area contributed by atoms with Gasteiger partial charge >= 0.3 is 0 Å². The van der Waals surface area contributed by atoms with Gasteiger partial charge in [0, 0.05) is 50.4 Å². The summed E-state index contributed by atoms with van der Waals surface area (Å²) in [5, 5.41) is 4.73. The molecule has 0 aliphatic carbocycles. The van der Waals surface area contributed by atoms with Gasteiger partial charge in [-0.05, 0) is 117 Å². The van der Waals surface area contributed by atoms with Crippen LogP contribution in [0.2, 0.25) is 0 Å². The summed E-state index contributed by atoms with van der Waals surface area (Å²) in [4.78, 5) is 2.31. The van der Waals surface area contributed by atoms with Crippen molar-refractivity contribution in [3.63, 3.8) is 0 Å². The van der Waals surface area contributed by atoms with Gasteiger partial charge < -0.3 is 13.9 Å². The summed E-state index contributed by atoms with van der Waals surface area (Å²) in [5.41, 5.74) is 18.0. The molecule has 0 saturated carbocycles. The molecule has 0 atom stereocenters. The molecule has 2 aromatic heterocycles. The largest absolute Gasteiger partial charge is 0.456 e. The van der Waals surface area contributed by atoms with Crippen LogP contribution in [0.1, 0.15) is 0 Å². The lowest BCUT2D eigenvalue weighted by atomic mass is 9.98. The number of hydrogen-bond acceptors (Lipinski definition) is 2. The summed E-state index contributed by atoms with van der Waals surface area (Å²) in [6.45, 7) is 0. The Balaban J connectivity index is 0.858. The molecule has 296 valence electrons. The first-order valence-corrected chi connectivity index (χ1v) is 21.5. The minimum absolute atomic E-state index is 0.870. The summed E-state index contributed by atoms with van der Waals surface area (Å²) < 4.78 is 8.74. The van der Waals surface area contributed by atoms with Crippen LogP contribution in [0, 0.1) is 0 Å². The lowest BCUT2D eigenvalue weighted by Gasteiger charge is -2.26. The summed E-state index contributed by atoms with van der Waals surface area (Å²) >= 11 is 0. The third kappa shape index (κ3) is 6.55. The molecule has 2 heterocycles. The Kier molecular flexibility index (Phi) is 8.83. The van der Waals surface area contributed by atoms with Gasteiger partial charge in [-0.15, -0.1) is 0 Å². The van der Waals surface area contributed by atoms with E-state index in [-0.39, 0.29) is 0 Å². The van der Waals surface area contributed by atoms with Gasteiger partial charge in [0.05, 0.1) is 11.0 Å². The minimum Gasteiger partial charge on any atom is -0.456 e. The van der Waals surface area contributed by atoms with Gasteiger partial charge in [0.2, 0.25) is 0 Å². The molecule has 0 amide bonds. The Bertz CT molecular complexity index is 3570. The summed E-state index contributed by atoms with van der Waals surface area (Å²) in [6.07, 6.45) is 0. The SMILES string of the molecule is c1ccc(-c2ccc(N(c3ccc(-c4ccc(-c5ccc6c(c5)c5ccccc5n6-c5ccc(-c6ccccc6)cc5)cc4)cc3)c3ccc4c(c3)oc3ccccc34)cc2)cc1.